The van der Waals surface area contributed by atoms with Crippen molar-refractivity contribution in [3.05, 3.63) is 11.1 Å². The molecule has 3 nitrogen and oxygen atoms in total. The summed E-state index contributed by atoms with van der Waals surface area (Å²) < 4.78 is 0. The van der Waals surface area contributed by atoms with E-state index in [2.05, 4.69) is 10.3 Å². The molecule has 1 rings (SSSR count). The third kappa shape index (κ3) is 3.00. The number of rotatable bonds is 3. The summed E-state index contributed by atoms with van der Waals surface area (Å²) in [4.78, 5) is 16.5. The molecule has 0 radical (unpaired) electrons. The monoisotopic (exact) mass is 216 g/mol. The van der Waals surface area contributed by atoms with Crippen molar-refractivity contribution in [2.45, 2.75) is 19.1 Å². The van der Waals surface area contributed by atoms with Crippen molar-refractivity contribution in [3.8, 4) is 0 Å². The highest BCUT2D eigenvalue weighted by molar-refractivity contribution is 7.99. The Balaban J connectivity index is 2.54. The number of aryl methyl sites for hydroxylation is 1. The number of thiazole rings is 1. The van der Waals surface area contributed by atoms with Gasteiger partial charge in [-0.3, -0.25) is 4.79 Å². The van der Waals surface area contributed by atoms with Crippen molar-refractivity contribution in [3.63, 3.8) is 0 Å². The third-order valence-corrected chi connectivity index (χ3v) is 3.32. The molecule has 1 aromatic heterocycles. The van der Waals surface area contributed by atoms with Crippen LogP contribution in [0.3, 0.4) is 0 Å². The molecule has 1 atom stereocenters. The lowest BCUT2D eigenvalue weighted by molar-refractivity contribution is -0.115. The van der Waals surface area contributed by atoms with E-state index in [1.165, 1.54) is 23.1 Å². The zero-order valence-corrected chi connectivity index (χ0v) is 9.46. The van der Waals surface area contributed by atoms with Crippen LogP contribution < -0.4 is 5.32 Å². The van der Waals surface area contributed by atoms with Crippen LogP contribution in [0.25, 0.3) is 0 Å². The summed E-state index contributed by atoms with van der Waals surface area (Å²) in [5.74, 6) is 0.0156. The predicted molar refractivity (Wildman–Crippen MR) is 58.5 cm³/mol. The van der Waals surface area contributed by atoms with Gasteiger partial charge in [0.15, 0.2) is 5.13 Å². The second kappa shape index (κ2) is 4.62. The number of anilines is 1. The molecule has 13 heavy (non-hydrogen) atoms. The van der Waals surface area contributed by atoms with Gasteiger partial charge in [0.25, 0.3) is 0 Å². The topological polar surface area (TPSA) is 42.0 Å². The van der Waals surface area contributed by atoms with Crippen molar-refractivity contribution >= 4 is 34.1 Å². The van der Waals surface area contributed by atoms with Crippen LogP contribution >= 0.6 is 23.1 Å². The Morgan fingerprint density at radius 2 is 2.46 bits per heavy atom. The van der Waals surface area contributed by atoms with Gasteiger partial charge in [-0.1, -0.05) is 0 Å². The van der Waals surface area contributed by atoms with E-state index < -0.39 is 0 Å². The van der Waals surface area contributed by atoms with Gasteiger partial charge in [-0.15, -0.1) is 11.3 Å². The third-order valence-electron chi connectivity index (χ3n) is 1.57. The quantitative estimate of drug-likeness (QED) is 0.841. The predicted octanol–water partition coefficient (Wildman–Crippen LogP) is 2.14. The highest BCUT2D eigenvalue weighted by Crippen LogP contribution is 2.17. The van der Waals surface area contributed by atoms with E-state index in [4.69, 9.17) is 0 Å². The summed E-state index contributed by atoms with van der Waals surface area (Å²) in [6.45, 7) is 3.84. The molecule has 5 heteroatoms. The lowest BCUT2D eigenvalue weighted by Crippen LogP contribution is -2.21. The van der Waals surface area contributed by atoms with Gasteiger partial charge >= 0.3 is 0 Å². The Morgan fingerprint density at radius 3 is 2.92 bits per heavy atom. The van der Waals surface area contributed by atoms with Crippen molar-refractivity contribution in [2.75, 3.05) is 11.6 Å². The van der Waals surface area contributed by atoms with Gasteiger partial charge in [-0.2, -0.15) is 11.8 Å². The molecule has 0 aromatic carbocycles. The Hall–Kier alpha value is -0.550. The van der Waals surface area contributed by atoms with E-state index in [0.717, 1.165) is 4.88 Å². The van der Waals surface area contributed by atoms with E-state index in [1.54, 1.807) is 6.20 Å². The minimum absolute atomic E-state index is 0.0156. The maximum atomic E-state index is 11.4. The number of nitrogens with zero attached hydrogens (tertiary/aromatic N) is 1. The zero-order valence-electron chi connectivity index (χ0n) is 7.83. The molecule has 0 fully saturated rings. The van der Waals surface area contributed by atoms with Crippen LogP contribution in [0.5, 0.6) is 0 Å². The van der Waals surface area contributed by atoms with Gasteiger partial charge in [0.2, 0.25) is 5.91 Å². The van der Waals surface area contributed by atoms with Gasteiger partial charge in [0, 0.05) is 11.1 Å². The fraction of sp³-hybridized carbons (Fsp3) is 0.500. The van der Waals surface area contributed by atoms with Gasteiger partial charge in [-0.25, -0.2) is 4.98 Å². The molecule has 0 aliphatic rings. The molecule has 1 heterocycles. The molecule has 1 amide bonds. The van der Waals surface area contributed by atoms with Crippen LogP contribution in [0.1, 0.15) is 11.8 Å². The first-order valence-electron chi connectivity index (χ1n) is 3.89. The maximum absolute atomic E-state index is 11.4. The summed E-state index contributed by atoms with van der Waals surface area (Å²) in [5.41, 5.74) is 0. The Bertz CT molecular complexity index is 298. The summed E-state index contributed by atoms with van der Waals surface area (Å²) in [7, 11) is 0. The standard InChI is InChI=1S/C8H12N2OS2/c1-5-4-9-8(13-5)10-7(11)6(2)12-3/h4,6H,1-3H3,(H,9,10,11). The minimum Gasteiger partial charge on any atom is -0.301 e. The molecule has 72 valence electrons. The maximum Gasteiger partial charge on any atom is 0.238 e. The van der Waals surface area contributed by atoms with Crippen LogP contribution in [0.15, 0.2) is 6.20 Å². The van der Waals surface area contributed by atoms with Crippen LogP contribution in [0.4, 0.5) is 5.13 Å². The average Bonchev–Trinajstić information content (AvgIpc) is 2.49. The molecular formula is C8H12N2OS2. The second-order valence-electron chi connectivity index (χ2n) is 2.64. The molecule has 0 saturated carbocycles. The SMILES string of the molecule is CSC(C)C(=O)Nc1ncc(C)s1. The summed E-state index contributed by atoms with van der Waals surface area (Å²) in [6, 6.07) is 0. The Labute approximate surface area is 86.0 Å². The van der Waals surface area contributed by atoms with Crippen LogP contribution in [0.2, 0.25) is 0 Å². The summed E-state index contributed by atoms with van der Waals surface area (Å²) in [5, 5.41) is 3.42. The number of hydrogen-bond donors (Lipinski definition) is 1. The molecule has 1 N–H and O–H groups in total. The number of amides is 1. The lowest BCUT2D eigenvalue weighted by atomic mass is 10.4. The van der Waals surface area contributed by atoms with E-state index >= 15 is 0 Å². The first-order valence-corrected chi connectivity index (χ1v) is 6.00. The molecule has 0 saturated heterocycles. The largest absolute Gasteiger partial charge is 0.301 e. The normalized spacial score (nSPS) is 12.5. The van der Waals surface area contributed by atoms with E-state index in [-0.39, 0.29) is 11.2 Å². The van der Waals surface area contributed by atoms with Gasteiger partial charge in [0.05, 0.1) is 5.25 Å². The molecule has 0 aliphatic heterocycles. The molecule has 0 spiro atoms. The number of thioether (sulfide) groups is 1. The van der Waals surface area contributed by atoms with Crippen LogP contribution in [-0.4, -0.2) is 22.4 Å². The number of carbonyl (C=O) groups is 1. The number of hydrogen-bond acceptors (Lipinski definition) is 4. The van der Waals surface area contributed by atoms with E-state index in [1.807, 2.05) is 20.1 Å². The molecule has 0 aliphatic carbocycles. The van der Waals surface area contributed by atoms with E-state index in [9.17, 15) is 4.79 Å². The van der Waals surface area contributed by atoms with Crippen molar-refractivity contribution < 1.29 is 4.79 Å². The van der Waals surface area contributed by atoms with Gasteiger partial charge in [-0.05, 0) is 20.1 Å². The lowest BCUT2D eigenvalue weighted by Gasteiger charge is -2.06. The molecular weight excluding hydrogens is 204 g/mol. The minimum atomic E-state index is -0.0239. The Morgan fingerprint density at radius 1 is 1.77 bits per heavy atom. The molecule has 0 bridgehead atoms. The second-order valence-corrected chi connectivity index (χ2v) is 5.06. The fourth-order valence-electron chi connectivity index (χ4n) is 0.727. The first-order chi connectivity index (χ1) is 6.13. The highest BCUT2D eigenvalue weighted by Gasteiger charge is 2.12. The smallest absolute Gasteiger partial charge is 0.238 e. The van der Waals surface area contributed by atoms with Crippen LogP contribution in [-0.2, 0) is 4.79 Å². The Kier molecular flexibility index (Phi) is 3.74. The van der Waals surface area contributed by atoms with Crippen molar-refractivity contribution in [2.24, 2.45) is 0 Å². The first kappa shape index (κ1) is 10.5. The summed E-state index contributed by atoms with van der Waals surface area (Å²) >= 11 is 3.02. The average molecular weight is 216 g/mol. The van der Waals surface area contributed by atoms with Gasteiger partial charge < -0.3 is 5.32 Å². The fourth-order valence-corrected chi connectivity index (χ4v) is 1.67. The van der Waals surface area contributed by atoms with Crippen LogP contribution in [0, 0.1) is 6.92 Å². The summed E-state index contributed by atoms with van der Waals surface area (Å²) in [6.07, 6.45) is 3.67. The molecule has 1 aromatic rings. The van der Waals surface area contributed by atoms with Crippen molar-refractivity contribution in [1.29, 1.82) is 0 Å². The zero-order chi connectivity index (χ0) is 9.84. The van der Waals surface area contributed by atoms with Crippen molar-refractivity contribution in [1.82, 2.24) is 4.98 Å². The number of carbonyl (C=O) groups excluding carboxylic acids is 1. The number of nitrogens with one attached hydrogen (secondary N) is 1. The highest BCUT2D eigenvalue weighted by atomic mass is 32.2. The van der Waals surface area contributed by atoms with E-state index in [0.29, 0.717) is 5.13 Å². The number of aromatic nitrogens is 1. The molecule has 1 unspecified atom stereocenters. The van der Waals surface area contributed by atoms with Gasteiger partial charge in [0.1, 0.15) is 0 Å².